The van der Waals surface area contributed by atoms with Crippen molar-refractivity contribution >= 4 is 34.3 Å². The van der Waals surface area contributed by atoms with Crippen molar-refractivity contribution in [1.82, 2.24) is 21.1 Å². The van der Waals surface area contributed by atoms with Crippen LogP contribution in [0, 0.1) is 0 Å². The van der Waals surface area contributed by atoms with Crippen LogP contribution in [0.15, 0.2) is 72.8 Å². The van der Waals surface area contributed by atoms with E-state index < -0.39 is 11.9 Å². The third-order valence-corrected chi connectivity index (χ3v) is 6.47. The lowest BCUT2D eigenvalue weighted by atomic mass is 9.90. The highest BCUT2D eigenvalue weighted by Crippen LogP contribution is 2.35. The number of nitrogens with one attached hydrogen (secondary N) is 4. The maximum Gasteiger partial charge on any atom is 0.274 e. The second kappa shape index (κ2) is 9.30. The Labute approximate surface area is 201 Å². The number of hydrogen-bond donors (Lipinski definition) is 5. The number of amides is 2. The van der Waals surface area contributed by atoms with E-state index in [-0.39, 0.29) is 11.9 Å². The van der Waals surface area contributed by atoms with Crippen LogP contribution in [0.4, 0.5) is 0 Å². The predicted octanol–water partition coefficient (Wildman–Crippen LogP) is 3.86. The Hall–Kier alpha value is -3.65. The molecule has 0 unspecified atom stereocenters. The van der Waals surface area contributed by atoms with Gasteiger partial charge in [-0.25, -0.2) is 5.48 Å². The zero-order valence-electron chi connectivity index (χ0n) is 18.1. The van der Waals surface area contributed by atoms with E-state index in [1.807, 2.05) is 42.5 Å². The predicted molar refractivity (Wildman–Crippen MR) is 130 cm³/mol. The molecular weight excluding hydrogens is 452 g/mol. The Kier molecular flexibility index (Phi) is 6.06. The van der Waals surface area contributed by atoms with Gasteiger partial charge >= 0.3 is 0 Å². The molecule has 0 bridgehead atoms. The van der Waals surface area contributed by atoms with Crippen molar-refractivity contribution in [1.29, 1.82) is 0 Å². The molecule has 0 saturated carbocycles. The number of aromatic nitrogens is 1. The molecule has 2 atom stereocenters. The van der Waals surface area contributed by atoms with E-state index in [0.29, 0.717) is 23.6 Å². The summed E-state index contributed by atoms with van der Waals surface area (Å²) in [5, 5.41) is 17.0. The molecule has 0 spiro atoms. The van der Waals surface area contributed by atoms with Gasteiger partial charge in [0.05, 0.1) is 12.1 Å². The molecule has 8 heteroatoms. The van der Waals surface area contributed by atoms with Crippen molar-refractivity contribution < 1.29 is 14.8 Å². The average molecular weight is 475 g/mol. The Balaban J connectivity index is 1.38. The smallest absolute Gasteiger partial charge is 0.274 e. The van der Waals surface area contributed by atoms with E-state index >= 15 is 0 Å². The fraction of sp³-hybridized carbons (Fsp3) is 0.154. The topological polar surface area (TPSA) is 106 Å². The van der Waals surface area contributed by atoms with Gasteiger partial charge in [0, 0.05) is 33.7 Å². The van der Waals surface area contributed by atoms with Crippen molar-refractivity contribution in [2.24, 2.45) is 0 Å². The Morgan fingerprint density at radius 1 is 1.00 bits per heavy atom. The third kappa shape index (κ3) is 4.28. The molecule has 1 aliphatic heterocycles. The van der Waals surface area contributed by atoms with Gasteiger partial charge in [-0.15, -0.1) is 0 Å². The van der Waals surface area contributed by atoms with Crippen LogP contribution in [0.2, 0.25) is 5.02 Å². The van der Waals surface area contributed by atoms with E-state index in [1.54, 1.807) is 29.7 Å². The van der Waals surface area contributed by atoms with E-state index in [2.05, 4.69) is 21.7 Å². The maximum atomic E-state index is 13.2. The quantitative estimate of drug-likeness (QED) is 0.224. The summed E-state index contributed by atoms with van der Waals surface area (Å²) in [4.78, 5) is 28.2. The van der Waals surface area contributed by atoms with Gasteiger partial charge in [0.1, 0.15) is 0 Å². The number of hydroxylamine groups is 1. The minimum absolute atomic E-state index is 0.105. The molecular formula is C26H23ClN4O3. The fourth-order valence-corrected chi connectivity index (χ4v) is 4.60. The van der Waals surface area contributed by atoms with Crippen LogP contribution < -0.4 is 16.1 Å². The highest BCUT2D eigenvalue weighted by molar-refractivity contribution is 6.30. The summed E-state index contributed by atoms with van der Waals surface area (Å²) >= 11 is 6.10. The van der Waals surface area contributed by atoms with E-state index in [0.717, 1.165) is 33.3 Å². The summed E-state index contributed by atoms with van der Waals surface area (Å²) in [5.74, 6) is -0.683. The van der Waals surface area contributed by atoms with Crippen molar-refractivity contribution in [3.63, 3.8) is 0 Å². The number of halogens is 1. The standard InChI is InChI=1S/C26H23ClN4O3/c27-18-11-9-16(10-12-18)23-24-20(19-3-1-2-4-21(19)29-24)13-22(30-23)26(33)28-14-15-5-7-17(8-6-15)25(32)31-34/h1-12,22-23,29-30,34H,13-14H2,(H,28,33)(H,31,32)/t22-,23+/m0/s1. The van der Waals surface area contributed by atoms with Crippen LogP contribution in [-0.2, 0) is 17.8 Å². The molecule has 4 aromatic rings. The number of fused-ring (bicyclic) bond motifs is 3. The number of benzene rings is 3. The largest absolute Gasteiger partial charge is 0.357 e. The molecule has 0 saturated heterocycles. The fourth-order valence-electron chi connectivity index (χ4n) is 4.47. The molecule has 5 rings (SSSR count). The van der Waals surface area contributed by atoms with Crippen LogP contribution in [0.3, 0.4) is 0 Å². The molecule has 1 aromatic heterocycles. The summed E-state index contributed by atoms with van der Waals surface area (Å²) in [6.45, 7) is 0.324. The number of hydrogen-bond acceptors (Lipinski definition) is 4. The molecule has 1 aliphatic rings. The lowest BCUT2D eigenvalue weighted by Gasteiger charge is -2.31. The van der Waals surface area contributed by atoms with Crippen molar-refractivity contribution in [3.05, 3.63) is 106 Å². The van der Waals surface area contributed by atoms with Crippen molar-refractivity contribution in [2.75, 3.05) is 0 Å². The summed E-state index contributed by atoms with van der Waals surface area (Å²) in [6.07, 6.45) is 0.560. The normalized spacial score (nSPS) is 17.2. The number of H-pyrrole nitrogens is 1. The number of aromatic amines is 1. The minimum Gasteiger partial charge on any atom is -0.357 e. The Morgan fingerprint density at radius 3 is 2.47 bits per heavy atom. The monoisotopic (exact) mass is 474 g/mol. The van der Waals surface area contributed by atoms with Crippen LogP contribution in [0.5, 0.6) is 0 Å². The second-order valence-electron chi connectivity index (χ2n) is 8.33. The average Bonchev–Trinajstić information content (AvgIpc) is 3.26. The van der Waals surface area contributed by atoms with Gasteiger partial charge in [-0.05, 0) is 53.4 Å². The molecule has 2 amide bonds. The number of carbonyl (C=O) groups excluding carboxylic acids is 2. The molecule has 7 nitrogen and oxygen atoms in total. The first kappa shape index (κ1) is 22.2. The van der Waals surface area contributed by atoms with E-state index in [4.69, 9.17) is 16.8 Å². The van der Waals surface area contributed by atoms with Crippen molar-refractivity contribution in [2.45, 2.75) is 25.0 Å². The highest BCUT2D eigenvalue weighted by atomic mass is 35.5. The molecule has 3 aromatic carbocycles. The highest BCUT2D eigenvalue weighted by Gasteiger charge is 2.33. The third-order valence-electron chi connectivity index (χ3n) is 6.22. The van der Waals surface area contributed by atoms with Gasteiger partial charge in [-0.1, -0.05) is 54.1 Å². The van der Waals surface area contributed by atoms with E-state index in [9.17, 15) is 9.59 Å². The zero-order valence-corrected chi connectivity index (χ0v) is 18.9. The van der Waals surface area contributed by atoms with Gasteiger partial charge in [-0.2, -0.15) is 0 Å². The molecule has 2 heterocycles. The lowest BCUT2D eigenvalue weighted by molar-refractivity contribution is -0.123. The summed E-state index contributed by atoms with van der Waals surface area (Å²) in [6, 6.07) is 21.8. The van der Waals surface area contributed by atoms with Crippen LogP contribution in [0.1, 0.15) is 38.8 Å². The Bertz CT molecular complexity index is 1350. The number of carbonyl (C=O) groups is 2. The first-order valence-electron chi connectivity index (χ1n) is 11.0. The van der Waals surface area contributed by atoms with Gasteiger partial charge in [0.25, 0.3) is 5.91 Å². The van der Waals surface area contributed by atoms with E-state index in [1.165, 1.54) is 0 Å². The first-order chi connectivity index (χ1) is 16.5. The van der Waals surface area contributed by atoms with Crippen molar-refractivity contribution in [3.8, 4) is 0 Å². The van der Waals surface area contributed by atoms with Gasteiger partial charge in [0.15, 0.2) is 0 Å². The molecule has 172 valence electrons. The maximum absolute atomic E-state index is 13.2. The first-order valence-corrected chi connectivity index (χ1v) is 11.3. The molecule has 34 heavy (non-hydrogen) atoms. The van der Waals surface area contributed by atoms with Crippen LogP contribution >= 0.6 is 11.6 Å². The van der Waals surface area contributed by atoms with Crippen LogP contribution in [0.25, 0.3) is 10.9 Å². The minimum atomic E-state index is -0.579. The van der Waals surface area contributed by atoms with Gasteiger partial charge < -0.3 is 10.3 Å². The molecule has 0 fully saturated rings. The molecule has 0 aliphatic carbocycles. The summed E-state index contributed by atoms with van der Waals surface area (Å²) < 4.78 is 0. The summed E-state index contributed by atoms with van der Waals surface area (Å²) in [5.41, 5.74) is 7.05. The number of rotatable bonds is 5. The SMILES string of the molecule is O=C(NO)c1ccc(CNC(=O)[C@@H]2Cc3c([nH]c4ccccc34)[C@@H](c3ccc(Cl)cc3)N2)cc1. The Morgan fingerprint density at radius 2 is 1.74 bits per heavy atom. The zero-order chi connectivity index (χ0) is 23.7. The molecule has 0 radical (unpaired) electrons. The van der Waals surface area contributed by atoms with Crippen LogP contribution in [-0.4, -0.2) is 28.0 Å². The second-order valence-corrected chi connectivity index (χ2v) is 8.76. The molecule has 5 N–H and O–H groups in total. The summed E-state index contributed by atoms with van der Waals surface area (Å²) in [7, 11) is 0. The van der Waals surface area contributed by atoms with Gasteiger partial charge in [-0.3, -0.25) is 20.1 Å². The van der Waals surface area contributed by atoms with Gasteiger partial charge in [0.2, 0.25) is 5.91 Å². The number of para-hydroxylation sites is 1. The lowest BCUT2D eigenvalue weighted by Crippen LogP contribution is -2.49.